The summed E-state index contributed by atoms with van der Waals surface area (Å²) in [5, 5.41) is 10.6. The summed E-state index contributed by atoms with van der Waals surface area (Å²) in [5.74, 6) is 0.895. The molecule has 0 fully saturated rings. The van der Waals surface area contributed by atoms with Crippen molar-refractivity contribution in [2.24, 2.45) is 0 Å². The normalized spacial score (nSPS) is 13.4. The molecule has 1 N–H and O–H groups in total. The van der Waals surface area contributed by atoms with Gasteiger partial charge >= 0.3 is 0 Å². The molecule has 0 aromatic heterocycles. The van der Waals surface area contributed by atoms with E-state index in [1.165, 1.54) is 12.8 Å². The van der Waals surface area contributed by atoms with E-state index in [2.05, 4.69) is 45.6 Å². The number of hydrogen-bond donors (Lipinski definition) is 1. The van der Waals surface area contributed by atoms with Gasteiger partial charge in [0.05, 0.1) is 13.2 Å². The minimum atomic E-state index is -0.419. The Hall–Kier alpha value is -1.06. The second kappa shape index (κ2) is 9.29. The first-order valence-electron chi connectivity index (χ1n) is 8.92. The molecule has 132 valence electrons. The zero-order valence-electron chi connectivity index (χ0n) is 15.9. The van der Waals surface area contributed by atoms with Crippen molar-refractivity contribution >= 4 is 0 Å². The number of hydrogen-bond acceptors (Lipinski definition) is 3. The van der Waals surface area contributed by atoms with Crippen molar-refractivity contribution in [2.45, 2.75) is 65.4 Å². The Bertz CT molecular complexity index is 465. The molecule has 3 heteroatoms. The monoisotopic (exact) mass is 321 g/mol. The molecule has 1 aromatic rings. The third kappa shape index (κ3) is 6.15. The second-order valence-corrected chi connectivity index (χ2v) is 7.30. The minimum Gasteiger partial charge on any atom is -0.496 e. The van der Waals surface area contributed by atoms with Crippen LogP contribution in [0.2, 0.25) is 0 Å². The van der Waals surface area contributed by atoms with Crippen molar-refractivity contribution in [3.8, 4) is 5.75 Å². The van der Waals surface area contributed by atoms with Crippen LogP contribution in [0.4, 0.5) is 0 Å². The molecular weight excluding hydrogens is 286 g/mol. The zero-order valence-corrected chi connectivity index (χ0v) is 15.9. The molecule has 3 nitrogen and oxygen atoms in total. The first-order valence-corrected chi connectivity index (χ1v) is 8.92. The molecule has 0 spiro atoms. The largest absolute Gasteiger partial charge is 0.496 e. The van der Waals surface area contributed by atoms with Crippen LogP contribution in [0.1, 0.15) is 71.1 Å². The standard InChI is InChI=1S/C20H35NO2/c1-7-9-13-21(8-2)14-12-18(22)16-10-11-19(23-6)17(15-16)20(3,4)5/h10-11,15,18,22H,7-9,12-14H2,1-6H3. The minimum absolute atomic E-state index is 0.00233. The highest BCUT2D eigenvalue weighted by Crippen LogP contribution is 2.34. The van der Waals surface area contributed by atoms with Gasteiger partial charge in [0.25, 0.3) is 0 Å². The van der Waals surface area contributed by atoms with E-state index < -0.39 is 6.10 Å². The molecule has 0 aliphatic rings. The van der Waals surface area contributed by atoms with Crippen molar-refractivity contribution in [3.05, 3.63) is 29.3 Å². The number of aliphatic hydroxyl groups excluding tert-OH is 1. The van der Waals surface area contributed by atoms with Gasteiger partial charge in [-0.25, -0.2) is 0 Å². The Morgan fingerprint density at radius 3 is 2.39 bits per heavy atom. The molecule has 0 saturated heterocycles. The number of methoxy groups -OCH3 is 1. The van der Waals surface area contributed by atoms with Crippen LogP contribution < -0.4 is 4.74 Å². The Morgan fingerprint density at radius 1 is 1.17 bits per heavy atom. The van der Waals surface area contributed by atoms with E-state index in [0.717, 1.165) is 42.9 Å². The van der Waals surface area contributed by atoms with Crippen LogP contribution in [0.3, 0.4) is 0 Å². The van der Waals surface area contributed by atoms with Gasteiger partial charge < -0.3 is 14.7 Å². The van der Waals surface area contributed by atoms with Gasteiger partial charge in [0.2, 0.25) is 0 Å². The van der Waals surface area contributed by atoms with E-state index in [-0.39, 0.29) is 5.41 Å². The lowest BCUT2D eigenvalue weighted by Crippen LogP contribution is -2.27. The molecule has 0 saturated carbocycles. The zero-order chi connectivity index (χ0) is 17.5. The lowest BCUT2D eigenvalue weighted by atomic mass is 9.84. The molecule has 0 aliphatic carbocycles. The molecule has 23 heavy (non-hydrogen) atoms. The van der Waals surface area contributed by atoms with Gasteiger partial charge in [-0.05, 0) is 54.6 Å². The molecule has 0 heterocycles. The molecule has 1 aromatic carbocycles. The second-order valence-electron chi connectivity index (χ2n) is 7.30. The maximum absolute atomic E-state index is 10.6. The smallest absolute Gasteiger partial charge is 0.122 e. The Kier molecular flexibility index (Phi) is 8.07. The van der Waals surface area contributed by atoms with Gasteiger partial charge in [-0.15, -0.1) is 0 Å². The Morgan fingerprint density at radius 2 is 1.87 bits per heavy atom. The predicted octanol–water partition coefficient (Wildman–Crippen LogP) is 4.54. The highest BCUT2D eigenvalue weighted by Gasteiger charge is 2.21. The van der Waals surface area contributed by atoms with E-state index in [0.29, 0.717) is 0 Å². The van der Waals surface area contributed by atoms with Gasteiger partial charge in [-0.3, -0.25) is 0 Å². The van der Waals surface area contributed by atoms with E-state index in [4.69, 9.17) is 4.74 Å². The average molecular weight is 322 g/mol. The molecule has 1 rings (SSSR count). The summed E-state index contributed by atoms with van der Waals surface area (Å²) in [6, 6.07) is 6.07. The van der Waals surface area contributed by atoms with E-state index >= 15 is 0 Å². The first-order chi connectivity index (χ1) is 10.8. The number of aliphatic hydroxyl groups is 1. The summed E-state index contributed by atoms with van der Waals surface area (Å²) in [6.07, 6.45) is 2.79. The fraction of sp³-hybridized carbons (Fsp3) is 0.700. The summed E-state index contributed by atoms with van der Waals surface area (Å²) in [6.45, 7) is 14.0. The third-order valence-electron chi connectivity index (χ3n) is 4.41. The van der Waals surface area contributed by atoms with Gasteiger partial charge in [-0.1, -0.05) is 47.1 Å². The number of unbranched alkanes of at least 4 members (excludes halogenated alkanes) is 1. The summed E-state index contributed by atoms with van der Waals surface area (Å²) >= 11 is 0. The van der Waals surface area contributed by atoms with E-state index in [9.17, 15) is 5.11 Å². The summed E-state index contributed by atoms with van der Waals surface area (Å²) in [7, 11) is 1.70. The fourth-order valence-electron chi connectivity index (χ4n) is 2.80. The van der Waals surface area contributed by atoms with E-state index in [1.54, 1.807) is 7.11 Å². The van der Waals surface area contributed by atoms with Crippen molar-refractivity contribution in [2.75, 3.05) is 26.7 Å². The van der Waals surface area contributed by atoms with Crippen molar-refractivity contribution in [1.82, 2.24) is 4.90 Å². The molecule has 0 bridgehead atoms. The molecular formula is C20H35NO2. The summed E-state index contributed by atoms with van der Waals surface area (Å²) < 4.78 is 5.48. The topological polar surface area (TPSA) is 32.7 Å². The van der Waals surface area contributed by atoms with Crippen LogP contribution >= 0.6 is 0 Å². The molecule has 0 radical (unpaired) electrons. The number of ether oxygens (including phenoxy) is 1. The van der Waals surface area contributed by atoms with Crippen molar-refractivity contribution < 1.29 is 9.84 Å². The third-order valence-corrected chi connectivity index (χ3v) is 4.41. The maximum atomic E-state index is 10.6. The molecule has 1 unspecified atom stereocenters. The lowest BCUT2D eigenvalue weighted by molar-refractivity contribution is 0.143. The highest BCUT2D eigenvalue weighted by atomic mass is 16.5. The van der Waals surface area contributed by atoms with Crippen molar-refractivity contribution in [1.29, 1.82) is 0 Å². The van der Waals surface area contributed by atoms with Crippen LogP contribution in [0.15, 0.2) is 18.2 Å². The summed E-state index contributed by atoms with van der Waals surface area (Å²) in [4.78, 5) is 2.42. The van der Waals surface area contributed by atoms with Crippen LogP contribution in [-0.4, -0.2) is 36.8 Å². The van der Waals surface area contributed by atoms with Crippen LogP contribution in [-0.2, 0) is 5.41 Å². The van der Waals surface area contributed by atoms with Crippen LogP contribution in [0.25, 0.3) is 0 Å². The van der Waals surface area contributed by atoms with Gasteiger partial charge in [-0.2, -0.15) is 0 Å². The molecule has 0 amide bonds. The number of rotatable bonds is 9. The Balaban J connectivity index is 2.78. The predicted molar refractivity (Wildman–Crippen MR) is 98.3 cm³/mol. The van der Waals surface area contributed by atoms with Gasteiger partial charge in [0, 0.05) is 6.54 Å². The van der Waals surface area contributed by atoms with Crippen LogP contribution in [0.5, 0.6) is 5.75 Å². The highest BCUT2D eigenvalue weighted by molar-refractivity contribution is 5.42. The number of nitrogens with zero attached hydrogens (tertiary/aromatic N) is 1. The van der Waals surface area contributed by atoms with Crippen molar-refractivity contribution in [3.63, 3.8) is 0 Å². The van der Waals surface area contributed by atoms with Crippen LogP contribution in [0, 0.1) is 0 Å². The fourth-order valence-corrected chi connectivity index (χ4v) is 2.80. The van der Waals surface area contributed by atoms with Gasteiger partial charge in [0.1, 0.15) is 5.75 Å². The lowest BCUT2D eigenvalue weighted by Gasteiger charge is -2.25. The Labute approximate surface area is 142 Å². The molecule has 1 atom stereocenters. The van der Waals surface area contributed by atoms with E-state index in [1.807, 2.05) is 12.1 Å². The average Bonchev–Trinajstić information content (AvgIpc) is 2.53. The first kappa shape index (κ1) is 20.0. The maximum Gasteiger partial charge on any atom is 0.122 e. The number of benzene rings is 1. The summed E-state index contributed by atoms with van der Waals surface area (Å²) in [5.41, 5.74) is 2.13. The molecule has 0 aliphatic heterocycles. The van der Waals surface area contributed by atoms with Gasteiger partial charge in [0.15, 0.2) is 0 Å². The quantitative estimate of drug-likeness (QED) is 0.725. The SMILES string of the molecule is CCCCN(CC)CCC(O)c1ccc(OC)c(C(C)(C)C)c1.